The summed E-state index contributed by atoms with van der Waals surface area (Å²) in [6.45, 7) is 0. The number of hydrogen-bond donors (Lipinski definition) is 0. The fourth-order valence-electron chi connectivity index (χ4n) is 9.66. The van der Waals surface area contributed by atoms with Crippen LogP contribution < -0.4 is 4.90 Å². The first-order valence-corrected chi connectivity index (χ1v) is 21.9. The minimum Gasteiger partial charge on any atom is -0.456 e. The molecule has 0 amide bonds. The van der Waals surface area contributed by atoms with Crippen LogP contribution in [-0.4, -0.2) is 0 Å². The molecule has 0 N–H and O–H groups in total. The van der Waals surface area contributed by atoms with E-state index in [4.69, 9.17) is 4.42 Å². The summed E-state index contributed by atoms with van der Waals surface area (Å²) in [6, 6.07) is 89.7. The average molecular weight is 816 g/mol. The van der Waals surface area contributed by atoms with E-state index in [9.17, 15) is 0 Å². The number of hydrogen-bond acceptors (Lipinski definition) is 2. The normalized spacial score (nSPS) is 11.4. The lowest BCUT2D eigenvalue weighted by molar-refractivity contribution is 0.669. The fourth-order valence-corrected chi connectivity index (χ4v) is 9.66. The van der Waals surface area contributed by atoms with E-state index in [0.717, 1.165) is 55.7 Å². The Bertz CT molecular complexity index is 3660. The summed E-state index contributed by atoms with van der Waals surface area (Å²) in [4.78, 5) is 2.41. The smallest absolute Gasteiger partial charge is 0.136 e. The highest BCUT2D eigenvalue weighted by molar-refractivity contribution is 6.14. The Balaban J connectivity index is 1.01. The van der Waals surface area contributed by atoms with Gasteiger partial charge in [0.15, 0.2) is 0 Å². The van der Waals surface area contributed by atoms with E-state index in [-0.39, 0.29) is 0 Å². The number of furan rings is 1. The van der Waals surface area contributed by atoms with Crippen molar-refractivity contribution >= 4 is 60.5 Å². The van der Waals surface area contributed by atoms with Crippen LogP contribution in [0.1, 0.15) is 0 Å². The van der Waals surface area contributed by atoms with Crippen LogP contribution in [0.25, 0.3) is 99.1 Å². The molecule has 0 aliphatic heterocycles. The zero-order chi connectivity index (χ0) is 42.4. The van der Waals surface area contributed by atoms with E-state index in [2.05, 4.69) is 241 Å². The van der Waals surface area contributed by atoms with Crippen molar-refractivity contribution in [1.29, 1.82) is 0 Å². The Morgan fingerprint density at radius 2 is 0.734 bits per heavy atom. The van der Waals surface area contributed by atoms with Crippen molar-refractivity contribution in [2.24, 2.45) is 0 Å². The van der Waals surface area contributed by atoms with Gasteiger partial charge in [0.25, 0.3) is 0 Å². The molecule has 0 aliphatic rings. The first-order valence-electron chi connectivity index (χ1n) is 21.9. The molecule has 300 valence electrons. The summed E-state index contributed by atoms with van der Waals surface area (Å²) in [5.41, 5.74) is 16.8. The van der Waals surface area contributed by atoms with E-state index < -0.39 is 0 Å². The Hall–Kier alpha value is -8.46. The third kappa shape index (κ3) is 6.52. The van der Waals surface area contributed by atoms with Crippen LogP contribution in [0.3, 0.4) is 0 Å². The molecular weight excluding hydrogens is 775 g/mol. The Labute approximate surface area is 372 Å². The molecule has 0 aliphatic carbocycles. The van der Waals surface area contributed by atoms with E-state index >= 15 is 0 Å². The lowest BCUT2D eigenvalue weighted by Crippen LogP contribution is -2.11. The molecule has 0 fully saturated rings. The minimum absolute atomic E-state index is 0.894. The maximum Gasteiger partial charge on any atom is 0.136 e. The second-order valence-corrected chi connectivity index (χ2v) is 16.4. The van der Waals surface area contributed by atoms with Crippen LogP contribution in [0.2, 0.25) is 0 Å². The summed E-state index contributed by atoms with van der Waals surface area (Å²) < 4.78 is 6.30. The molecule has 0 saturated carbocycles. The van der Waals surface area contributed by atoms with Crippen molar-refractivity contribution in [3.8, 4) is 55.6 Å². The number of benzene rings is 11. The Morgan fingerprint density at radius 1 is 0.250 bits per heavy atom. The van der Waals surface area contributed by atoms with Gasteiger partial charge in [-0.25, -0.2) is 0 Å². The predicted octanol–water partition coefficient (Wildman–Crippen LogP) is 17.7. The Kier molecular flexibility index (Phi) is 9.20. The summed E-state index contributed by atoms with van der Waals surface area (Å²) in [6.07, 6.45) is 0. The van der Waals surface area contributed by atoms with Crippen molar-refractivity contribution in [2.75, 3.05) is 4.90 Å². The van der Waals surface area contributed by atoms with E-state index in [1.54, 1.807) is 0 Å². The molecule has 12 aromatic rings. The fraction of sp³-hybridized carbons (Fsp3) is 0. The minimum atomic E-state index is 0.894. The summed E-state index contributed by atoms with van der Waals surface area (Å²) in [5.74, 6) is 0. The molecule has 1 aromatic heterocycles. The second-order valence-electron chi connectivity index (χ2n) is 16.4. The number of nitrogens with zero attached hydrogens (tertiary/aromatic N) is 1. The van der Waals surface area contributed by atoms with Crippen LogP contribution in [0.15, 0.2) is 253 Å². The maximum absolute atomic E-state index is 6.30. The van der Waals surface area contributed by atoms with Gasteiger partial charge < -0.3 is 9.32 Å². The number of anilines is 3. The second kappa shape index (κ2) is 15.8. The van der Waals surface area contributed by atoms with E-state index in [1.165, 1.54) is 60.5 Å². The summed E-state index contributed by atoms with van der Waals surface area (Å²) in [7, 11) is 0. The molecule has 0 saturated heterocycles. The van der Waals surface area contributed by atoms with Gasteiger partial charge in [-0.15, -0.1) is 0 Å². The predicted molar refractivity (Wildman–Crippen MR) is 271 cm³/mol. The number of rotatable bonds is 8. The molecule has 12 rings (SSSR count). The van der Waals surface area contributed by atoms with Gasteiger partial charge in [0.05, 0.1) is 5.69 Å². The average Bonchev–Trinajstić information content (AvgIpc) is 3.75. The maximum atomic E-state index is 6.30. The lowest BCUT2D eigenvalue weighted by atomic mass is 9.88. The molecule has 1 heterocycles. The van der Waals surface area contributed by atoms with Crippen LogP contribution in [0, 0.1) is 0 Å². The van der Waals surface area contributed by atoms with Gasteiger partial charge in [0.2, 0.25) is 0 Å². The summed E-state index contributed by atoms with van der Waals surface area (Å²) in [5, 5.41) is 7.29. The monoisotopic (exact) mass is 815 g/mol. The molecule has 2 nitrogen and oxygen atoms in total. The van der Waals surface area contributed by atoms with Gasteiger partial charge in [-0.1, -0.05) is 194 Å². The zero-order valence-corrected chi connectivity index (χ0v) is 35.0. The van der Waals surface area contributed by atoms with Gasteiger partial charge >= 0.3 is 0 Å². The van der Waals surface area contributed by atoms with E-state index in [0.29, 0.717) is 0 Å². The highest BCUT2D eigenvalue weighted by Crippen LogP contribution is 2.46. The van der Waals surface area contributed by atoms with Crippen molar-refractivity contribution in [2.45, 2.75) is 0 Å². The largest absolute Gasteiger partial charge is 0.456 e. The molecule has 2 heteroatoms. The standard InChI is InChI=1S/C62H41NO/c1-2-16-43(17-3-1)49-19-6-7-21-51(49)53-23-9-10-24-54(53)56-26-12-14-28-60(56)63(47-35-30-42(31-36-47)45-34-39-58-57-27-13-15-29-61(57)64-62(58)41-45)48-37-32-44(33-38-48)59-40-46-18-4-5-20-50(46)52-22-8-11-25-55(52)59/h1-41H. The highest BCUT2D eigenvalue weighted by atomic mass is 16.3. The van der Waals surface area contributed by atoms with Gasteiger partial charge in [-0.3, -0.25) is 0 Å². The van der Waals surface area contributed by atoms with Crippen LogP contribution >= 0.6 is 0 Å². The molecule has 0 spiro atoms. The van der Waals surface area contributed by atoms with Crippen LogP contribution in [-0.2, 0) is 0 Å². The van der Waals surface area contributed by atoms with Crippen molar-refractivity contribution in [3.05, 3.63) is 249 Å². The SMILES string of the molecule is c1ccc(-c2ccccc2-c2ccccc2-c2ccccc2N(c2ccc(-c3ccc4c(c3)oc3ccccc34)cc2)c2ccc(-c3cc4ccccc4c4ccccc34)cc2)cc1. The molecule has 0 radical (unpaired) electrons. The van der Waals surface area contributed by atoms with Gasteiger partial charge in [0.1, 0.15) is 11.2 Å². The topological polar surface area (TPSA) is 16.4 Å². The van der Waals surface area contributed by atoms with Gasteiger partial charge in [-0.2, -0.15) is 0 Å². The first-order chi connectivity index (χ1) is 31.7. The van der Waals surface area contributed by atoms with Crippen LogP contribution in [0.4, 0.5) is 17.1 Å². The number of para-hydroxylation sites is 2. The third-order valence-corrected chi connectivity index (χ3v) is 12.7. The van der Waals surface area contributed by atoms with E-state index in [1.807, 2.05) is 12.1 Å². The molecule has 64 heavy (non-hydrogen) atoms. The number of fused-ring (bicyclic) bond motifs is 6. The first kappa shape index (κ1) is 37.3. The van der Waals surface area contributed by atoms with Crippen molar-refractivity contribution < 1.29 is 4.42 Å². The lowest BCUT2D eigenvalue weighted by Gasteiger charge is -2.29. The molecule has 0 unspecified atom stereocenters. The van der Waals surface area contributed by atoms with Crippen LogP contribution in [0.5, 0.6) is 0 Å². The Morgan fingerprint density at radius 3 is 1.47 bits per heavy atom. The molecule has 0 bridgehead atoms. The molecule has 0 atom stereocenters. The van der Waals surface area contributed by atoms with Crippen molar-refractivity contribution in [1.82, 2.24) is 0 Å². The highest BCUT2D eigenvalue weighted by Gasteiger charge is 2.21. The van der Waals surface area contributed by atoms with Gasteiger partial charge in [-0.05, 0) is 126 Å². The molecule has 11 aromatic carbocycles. The molecular formula is C62H41NO. The van der Waals surface area contributed by atoms with Gasteiger partial charge in [0, 0.05) is 27.7 Å². The zero-order valence-electron chi connectivity index (χ0n) is 35.0. The summed E-state index contributed by atoms with van der Waals surface area (Å²) >= 11 is 0. The van der Waals surface area contributed by atoms with Crippen molar-refractivity contribution in [3.63, 3.8) is 0 Å². The quantitative estimate of drug-likeness (QED) is 0.142. The third-order valence-electron chi connectivity index (χ3n) is 12.7.